The molecule has 1 aromatic carbocycles. The molecule has 4 rings (SSSR count). The van der Waals surface area contributed by atoms with E-state index in [-0.39, 0.29) is 11.1 Å². The highest BCUT2D eigenvalue weighted by Gasteiger charge is 2.31. The molecule has 2 aromatic rings. The third kappa shape index (κ3) is 3.29. The van der Waals surface area contributed by atoms with E-state index in [0.717, 1.165) is 43.8 Å². The van der Waals surface area contributed by atoms with Gasteiger partial charge in [-0.05, 0) is 38.1 Å². The molecule has 0 aliphatic carbocycles. The van der Waals surface area contributed by atoms with Gasteiger partial charge in [-0.25, -0.2) is 10.8 Å². The van der Waals surface area contributed by atoms with Crippen LogP contribution in [0.1, 0.15) is 12.8 Å². The van der Waals surface area contributed by atoms with E-state index < -0.39 is 0 Å². The lowest BCUT2D eigenvalue weighted by Gasteiger charge is -2.33. The minimum atomic E-state index is -0.240. The van der Waals surface area contributed by atoms with Crippen molar-refractivity contribution >= 4 is 29.4 Å². The van der Waals surface area contributed by atoms with E-state index in [1.807, 2.05) is 24.3 Å². The maximum absolute atomic E-state index is 12.5. The average molecular weight is 373 g/mol. The van der Waals surface area contributed by atoms with E-state index in [1.54, 1.807) is 15.9 Å². The van der Waals surface area contributed by atoms with Crippen LogP contribution in [-0.4, -0.2) is 50.4 Å². The van der Waals surface area contributed by atoms with Crippen LogP contribution < -0.4 is 16.8 Å². The van der Waals surface area contributed by atoms with E-state index in [4.69, 9.17) is 5.84 Å². The number of hydrazone groups is 1. The maximum atomic E-state index is 12.5. The monoisotopic (exact) mass is 373 g/mol. The number of nitrogens with one attached hydrogen (secondary N) is 1. The van der Waals surface area contributed by atoms with Gasteiger partial charge in [-0.2, -0.15) is 5.10 Å². The number of para-hydroxylation sites is 1. The predicted octanol–water partition coefficient (Wildman–Crippen LogP) is 0.414. The Morgan fingerprint density at radius 3 is 2.73 bits per heavy atom. The molecular formula is C17H23N7OS. The SMILES string of the molecule is NN1C(C2CCN(CCn3cnc4ccccc4c3=O)CC2)=NNC1S. The summed E-state index contributed by atoms with van der Waals surface area (Å²) in [5, 5.41) is 6.57. The van der Waals surface area contributed by atoms with Crippen molar-refractivity contribution in [1.29, 1.82) is 0 Å². The second kappa shape index (κ2) is 7.26. The highest BCUT2D eigenvalue weighted by atomic mass is 32.1. The molecule has 0 spiro atoms. The second-order valence-electron chi connectivity index (χ2n) is 6.76. The van der Waals surface area contributed by atoms with Gasteiger partial charge < -0.3 is 4.90 Å². The third-order valence-electron chi connectivity index (χ3n) is 5.16. The zero-order valence-electron chi connectivity index (χ0n) is 14.5. The number of aromatic nitrogens is 2. The summed E-state index contributed by atoms with van der Waals surface area (Å²) < 4.78 is 1.70. The molecule has 1 atom stereocenters. The van der Waals surface area contributed by atoms with Gasteiger partial charge in [-0.15, -0.1) is 12.6 Å². The number of hydrazine groups is 1. The fraction of sp³-hybridized carbons (Fsp3) is 0.471. The standard InChI is InChI=1S/C17H23N7OS/c18-24-15(20-21-17(24)26)12-5-7-22(8-6-12)9-10-23-11-19-14-4-2-1-3-13(14)16(23)25/h1-4,11-12,17,21,26H,5-10,18H2. The van der Waals surface area contributed by atoms with Gasteiger partial charge >= 0.3 is 0 Å². The lowest BCUT2D eigenvalue weighted by molar-refractivity contribution is 0.196. The lowest BCUT2D eigenvalue weighted by atomic mass is 9.95. The van der Waals surface area contributed by atoms with Crippen molar-refractivity contribution in [3.8, 4) is 0 Å². The van der Waals surface area contributed by atoms with E-state index >= 15 is 0 Å². The smallest absolute Gasteiger partial charge is 0.261 e. The Labute approximate surface area is 157 Å². The first kappa shape index (κ1) is 17.3. The summed E-state index contributed by atoms with van der Waals surface area (Å²) in [6.45, 7) is 3.40. The number of thiol groups is 1. The highest BCUT2D eigenvalue weighted by molar-refractivity contribution is 7.80. The number of hydrogen-bond acceptors (Lipinski definition) is 8. The van der Waals surface area contributed by atoms with Gasteiger partial charge in [0.2, 0.25) is 0 Å². The number of nitrogens with zero attached hydrogens (tertiary/aromatic N) is 5. The summed E-state index contributed by atoms with van der Waals surface area (Å²) in [6.07, 6.45) is 3.65. The van der Waals surface area contributed by atoms with Crippen LogP contribution in [0.15, 0.2) is 40.5 Å². The summed E-state index contributed by atoms with van der Waals surface area (Å²) in [7, 11) is 0. The topological polar surface area (TPSA) is 91.8 Å². The van der Waals surface area contributed by atoms with Crippen molar-refractivity contribution < 1.29 is 0 Å². The van der Waals surface area contributed by atoms with Gasteiger partial charge in [0.1, 0.15) is 5.84 Å². The first-order valence-electron chi connectivity index (χ1n) is 8.85. The molecule has 26 heavy (non-hydrogen) atoms. The number of hydrogen-bond donors (Lipinski definition) is 3. The van der Waals surface area contributed by atoms with Crippen LogP contribution in [0.2, 0.25) is 0 Å². The molecule has 0 saturated carbocycles. The number of likely N-dealkylation sites (tertiary alicyclic amines) is 1. The van der Waals surface area contributed by atoms with Gasteiger partial charge in [-0.1, -0.05) is 12.1 Å². The molecular weight excluding hydrogens is 350 g/mol. The molecule has 1 unspecified atom stereocenters. The van der Waals surface area contributed by atoms with Crippen LogP contribution in [0, 0.1) is 5.92 Å². The number of fused-ring (bicyclic) bond motifs is 1. The number of nitrogens with two attached hydrogens (primary N) is 1. The number of amidine groups is 1. The summed E-state index contributed by atoms with van der Waals surface area (Å²) in [4.78, 5) is 19.3. The Kier molecular flexibility index (Phi) is 4.84. The van der Waals surface area contributed by atoms with Crippen LogP contribution in [0.3, 0.4) is 0 Å². The fourth-order valence-corrected chi connectivity index (χ4v) is 3.78. The molecule has 9 heteroatoms. The minimum absolute atomic E-state index is 0.0236. The minimum Gasteiger partial charge on any atom is -0.302 e. The highest BCUT2D eigenvalue weighted by Crippen LogP contribution is 2.22. The van der Waals surface area contributed by atoms with Gasteiger partial charge in [0.25, 0.3) is 5.56 Å². The van der Waals surface area contributed by atoms with Crippen molar-refractivity contribution in [2.45, 2.75) is 24.9 Å². The average Bonchev–Trinajstić information content (AvgIpc) is 3.01. The fourth-order valence-electron chi connectivity index (χ4n) is 3.60. The normalized spacial score (nSPS) is 21.8. The number of piperidine rings is 1. The number of rotatable bonds is 4. The van der Waals surface area contributed by atoms with Gasteiger partial charge in [-0.3, -0.25) is 19.8 Å². The quantitative estimate of drug-likeness (QED) is 0.531. The van der Waals surface area contributed by atoms with Crippen molar-refractivity contribution in [2.75, 3.05) is 19.6 Å². The van der Waals surface area contributed by atoms with Gasteiger partial charge in [0, 0.05) is 19.0 Å². The molecule has 8 nitrogen and oxygen atoms in total. The van der Waals surface area contributed by atoms with Gasteiger partial charge in [0.15, 0.2) is 5.50 Å². The van der Waals surface area contributed by atoms with E-state index in [2.05, 4.69) is 33.0 Å². The van der Waals surface area contributed by atoms with Crippen LogP contribution in [0.4, 0.5) is 0 Å². The molecule has 138 valence electrons. The lowest BCUT2D eigenvalue weighted by Crippen LogP contribution is -2.47. The molecule has 0 amide bonds. The van der Waals surface area contributed by atoms with Crippen LogP contribution in [-0.2, 0) is 6.54 Å². The first-order chi connectivity index (χ1) is 12.6. The largest absolute Gasteiger partial charge is 0.302 e. The number of benzene rings is 1. The maximum Gasteiger partial charge on any atom is 0.261 e. The van der Waals surface area contributed by atoms with Gasteiger partial charge in [0.05, 0.1) is 17.2 Å². The Morgan fingerprint density at radius 1 is 1.23 bits per heavy atom. The second-order valence-corrected chi connectivity index (χ2v) is 7.25. The summed E-state index contributed by atoms with van der Waals surface area (Å²) in [5.41, 5.74) is 3.42. The Hall–Kier alpha value is -2.10. The molecule has 1 fully saturated rings. The molecule has 2 aliphatic rings. The van der Waals surface area contributed by atoms with Crippen LogP contribution in [0.25, 0.3) is 10.9 Å². The van der Waals surface area contributed by atoms with E-state index in [9.17, 15) is 4.79 Å². The molecule has 1 saturated heterocycles. The molecule has 0 radical (unpaired) electrons. The summed E-state index contributed by atoms with van der Waals surface area (Å²) >= 11 is 4.32. The zero-order valence-corrected chi connectivity index (χ0v) is 15.3. The van der Waals surface area contributed by atoms with Crippen molar-refractivity contribution in [3.63, 3.8) is 0 Å². The molecule has 1 aromatic heterocycles. The third-order valence-corrected chi connectivity index (χ3v) is 5.53. The Morgan fingerprint density at radius 2 is 2.00 bits per heavy atom. The zero-order chi connectivity index (χ0) is 18.1. The molecule has 0 bridgehead atoms. The van der Waals surface area contributed by atoms with Crippen LogP contribution in [0.5, 0.6) is 0 Å². The van der Waals surface area contributed by atoms with Crippen molar-refractivity contribution in [3.05, 3.63) is 40.9 Å². The summed E-state index contributed by atoms with van der Waals surface area (Å²) in [5.74, 6) is 7.23. The van der Waals surface area contributed by atoms with E-state index in [0.29, 0.717) is 17.8 Å². The Balaban J connectivity index is 1.34. The summed E-state index contributed by atoms with van der Waals surface area (Å²) in [6, 6.07) is 7.46. The van der Waals surface area contributed by atoms with Crippen LogP contribution >= 0.6 is 12.6 Å². The van der Waals surface area contributed by atoms with Crippen molar-refractivity contribution in [1.82, 2.24) is 24.9 Å². The van der Waals surface area contributed by atoms with Crippen molar-refractivity contribution in [2.24, 2.45) is 16.9 Å². The molecule has 2 aliphatic heterocycles. The Bertz CT molecular complexity index is 875. The predicted molar refractivity (Wildman–Crippen MR) is 105 cm³/mol. The molecule has 3 heterocycles. The van der Waals surface area contributed by atoms with E-state index in [1.165, 1.54) is 0 Å². The first-order valence-corrected chi connectivity index (χ1v) is 9.37. The molecule has 3 N–H and O–H groups in total.